The van der Waals surface area contributed by atoms with E-state index < -0.39 is 28.0 Å². The predicted molar refractivity (Wildman–Crippen MR) is 111 cm³/mol. The van der Waals surface area contributed by atoms with Gasteiger partial charge in [0.2, 0.25) is 0 Å². The van der Waals surface area contributed by atoms with Crippen molar-refractivity contribution in [3.05, 3.63) is 65.2 Å². The van der Waals surface area contributed by atoms with Crippen LogP contribution in [0.3, 0.4) is 0 Å². The van der Waals surface area contributed by atoms with Gasteiger partial charge in [0.1, 0.15) is 6.61 Å². The molecule has 3 heterocycles. The zero-order valence-corrected chi connectivity index (χ0v) is 17.7. The maximum Gasteiger partial charge on any atom is 0.417 e. The molecule has 0 N–H and O–H groups in total. The Bertz CT molecular complexity index is 1090. The average molecular weight is 460 g/mol. The number of hydrogen-bond acceptors (Lipinski definition) is 6. The first-order chi connectivity index (χ1) is 15.3. The number of carbonyl (C=O) groups is 1. The molecular formula is C23H19F3N2O3S. The third kappa shape index (κ3) is 3.33. The van der Waals surface area contributed by atoms with Crippen molar-refractivity contribution in [2.24, 2.45) is 5.92 Å². The molecule has 2 aromatic carbocycles. The summed E-state index contributed by atoms with van der Waals surface area (Å²) in [5.74, 6) is -0.574. The van der Waals surface area contributed by atoms with Crippen molar-refractivity contribution in [3.63, 3.8) is 0 Å². The fourth-order valence-electron chi connectivity index (χ4n) is 4.90. The molecule has 5 nitrogen and oxygen atoms in total. The van der Waals surface area contributed by atoms with E-state index in [1.807, 2.05) is 30.3 Å². The van der Waals surface area contributed by atoms with Crippen LogP contribution in [0.15, 0.2) is 48.5 Å². The zero-order chi connectivity index (χ0) is 22.5. The zero-order valence-electron chi connectivity index (χ0n) is 16.8. The number of halogens is 3. The number of fused-ring (bicyclic) bond motifs is 5. The Kier molecular flexibility index (Phi) is 5.10. The number of ether oxygens (including phenoxy) is 2. The maximum atomic E-state index is 13.5. The van der Waals surface area contributed by atoms with Crippen molar-refractivity contribution in [3.8, 4) is 6.07 Å². The molecule has 2 bridgehead atoms. The summed E-state index contributed by atoms with van der Waals surface area (Å²) in [4.78, 5) is 13.3. The van der Waals surface area contributed by atoms with Gasteiger partial charge >= 0.3 is 12.1 Å². The van der Waals surface area contributed by atoms with E-state index in [2.05, 4.69) is 0 Å². The lowest BCUT2D eigenvalue weighted by atomic mass is 9.78. The number of nitriles is 1. The van der Waals surface area contributed by atoms with E-state index in [1.165, 1.54) is 24.1 Å². The molecule has 166 valence electrons. The van der Waals surface area contributed by atoms with Gasteiger partial charge in [0.25, 0.3) is 0 Å². The summed E-state index contributed by atoms with van der Waals surface area (Å²) in [6.45, 7) is 0.497. The molecule has 0 radical (unpaired) electrons. The van der Waals surface area contributed by atoms with Gasteiger partial charge in [0.05, 0.1) is 29.4 Å². The maximum absolute atomic E-state index is 13.5. The van der Waals surface area contributed by atoms with Crippen molar-refractivity contribution in [2.75, 3.05) is 10.8 Å². The Morgan fingerprint density at radius 1 is 1.25 bits per heavy atom. The minimum absolute atomic E-state index is 0.123. The molecule has 3 aliphatic rings. The van der Waals surface area contributed by atoms with Gasteiger partial charge in [0.15, 0.2) is 4.75 Å². The summed E-state index contributed by atoms with van der Waals surface area (Å²) in [7, 11) is 0. The minimum atomic E-state index is -4.64. The average Bonchev–Trinajstić information content (AvgIpc) is 3.49. The summed E-state index contributed by atoms with van der Waals surface area (Å²) in [6.07, 6.45) is -3.57. The highest BCUT2D eigenvalue weighted by atomic mass is 32.2. The van der Waals surface area contributed by atoms with E-state index in [-0.39, 0.29) is 24.7 Å². The highest BCUT2D eigenvalue weighted by Crippen LogP contribution is 2.60. The second kappa shape index (κ2) is 7.71. The number of hydrogen-bond donors (Lipinski definition) is 0. The molecule has 0 aliphatic carbocycles. The molecule has 32 heavy (non-hydrogen) atoms. The molecule has 0 aromatic heterocycles. The minimum Gasteiger partial charge on any atom is -0.460 e. The monoisotopic (exact) mass is 460 g/mol. The normalized spacial score (nSPS) is 28.4. The van der Waals surface area contributed by atoms with E-state index >= 15 is 0 Å². The summed E-state index contributed by atoms with van der Waals surface area (Å²) in [5.41, 5.74) is -0.230. The largest absolute Gasteiger partial charge is 0.460 e. The lowest BCUT2D eigenvalue weighted by molar-refractivity contribution is -0.150. The number of rotatable bonds is 4. The van der Waals surface area contributed by atoms with Gasteiger partial charge in [-0.15, -0.1) is 0 Å². The van der Waals surface area contributed by atoms with Crippen LogP contribution in [0, 0.1) is 17.2 Å². The number of anilines is 1. The Morgan fingerprint density at radius 2 is 2.03 bits per heavy atom. The number of alkyl halides is 3. The smallest absolute Gasteiger partial charge is 0.417 e. The van der Waals surface area contributed by atoms with E-state index in [9.17, 15) is 18.0 Å². The van der Waals surface area contributed by atoms with Crippen LogP contribution in [0.4, 0.5) is 18.9 Å². The van der Waals surface area contributed by atoms with Crippen LogP contribution in [0.1, 0.15) is 29.5 Å². The van der Waals surface area contributed by atoms with Crippen LogP contribution < -0.4 is 4.31 Å². The molecule has 3 fully saturated rings. The highest BCUT2D eigenvalue weighted by Gasteiger charge is 2.69. The van der Waals surface area contributed by atoms with Gasteiger partial charge in [-0.1, -0.05) is 30.3 Å². The van der Waals surface area contributed by atoms with Crippen molar-refractivity contribution >= 4 is 23.6 Å². The molecule has 3 aliphatic heterocycles. The van der Waals surface area contributed by atoms with E-state index in [0.29, 0.717) is 18.7 Å². The molecular weight excluding hydrogens is 441 g/mol. The molecule has 0 amide bonds. The Labute approximate surface area is 187 Å². The van der Waals surface area contributed by atoms with Gasteiger partial charge < -0.3 is 13.8 Å². The Balaban J connectivity index is 1.43. The van der Waals surface area contributed by atoms with Gasteiger partial charge in [-0.25, -0.2) is 0 Å². The molecule has 5 rings (SSSR count). The van der Waals surface area contributed by atoms with Crippen LogP contribution in [0.2, 0.25) is 0 Å². The summed E-state index contributed by atoms with van der Waals surface area (Å²) in [6, 6.07) is 14.6. The second-order valence-electron chi connectivity index (χ2n) is 8.19. The highest BCUT2D eigenvalue weighted by molar-refractivity contribution is 8.03. The lowest BCUT2D eigenvalue weighted by Gasteiger charge is -2.32. The van der Waals surface area contributed by atoms with E-state index in [0.717, 1.165) is 18.1 Å². The van der Waals surface area contributed by atoms with Gasteiger partial charge in [-0.3, -0.25) is 4.79 Å². The number of benzene rings is 2. The third-order valence-corrected chi connectivity index (χ3v) is 8.02. The first-order valence-electron chi connectivity index (χ1n) is 10.3. The van der Waals surface area contributed by atoms with Gasteiger partial charge in [-0.2, -0.15) is 18.4 Å². The van der Waals surface area contributed by atoms with Crippen molar-refractivity contribution in [2.45, 2.75) is 42.6 Å². The topological polar surface area (TPSA) is 62.6 Å². The molecule has 3 saturated heterocycles. The molecule has 9 heteroatoms. The van der Waals surface area contributed by atoms with Crippen LogP contribution in [0.5, 0.6) is 0 Å². The first-order valence-corrected chi connectivity index (χ1v) is 11.0. The van der Waals surface area contributed by atoms with Crippen LogP contribution in [0.25, 0.3) is 0 Å². The van der Waals surface area contributed by atoms with Gasteiger partial charge in [-0.05, 0) is 48.6 Å². The number of carbonyl (C=O) groups excluding carboxylic acids is 1. The van der Waals surface area contributed by atoms with Crippen LogP contribution >= 0.6 is 11.9 Å². The number of nitrogens with zero attached hydrogens (tertiary/aromatic N) is 2. The molecule has 0 saturated carbocycles. The summed E-state index contributed by atoms with van der Waals surface area (Å²) >= 11 is 1.20. The van der Waals surface area contributed by atoms with Crippen molar-refractivity contribution in [1.82, 2.24) is 0 Å². The van der Waals surface area contributed by atoms with Crippen LogP contribution in [-0.4, -0.2) is 29.5 Å². The van der Waals surface area contributed by atoms with Crippen molar-refractivity contribution in [1.29, 1.82) is 5.26 Å². The van der Waals surface area contributed by atoms with Crippen molar-refractivity contribution < 1.29 is 27.4 Å². The van der Waals surface area contributed by atoms with E-state index in [1.54, 1.807) is 10.4 Å². The Morgan fingerprint density at radius 3 is 2.75 bits per heavy atom. The van der Waals surface area contributed by atoms with E-state index in [4.69, 9.17) is 14.7 Å². The summed E-state index contributed by atoms with van der Waals surface area (Å²) in [5, 5.41) is 9.07. The number of esters is 1. The standard InChI is InChI=1S/C23H19F3N2O3S/c24-23(25,26)17-10-16(7-6-15(17)11-27)28-12-18-19-8-9-20(31-19)22(18,32-28)21(29)30-13-14-4-2-1-3-5-14/h1-7,10,18-20H,8-9,12-13H2/t18-,19+,20-,22-/m0/s1. The third-order valence-electron chi connectivity index (χ3n) is 6.40. The molecule has 2 aromatic rings. The second-order valence-corrected chi connectivity index (χ2v) is 9.49. The quantitative estimate of drug-likeness (QED) is 0.487. The lowest BCUT2D eigenvalue weighted by Crippen LogP contribution is -2.49. The SMILES string of the molecule is N#Cc1ccc(N2C[C@H]3[C@H]4CC[C@H](O4)[C@@]3(C(=O)OCc3ccccc3)S2)cc1C(F)(F)F. The fourth-order valence-corrected chi connectivity index (χ4v) is 6.51. The first kappa shape index (κ1) is 21.2. The predicted octanol–water partition coefficient (Wildman–Crippen LogP) is 4.70. The fraction of sp³-hybridized carbons (Fsp3) is 0.391. The molecule has 4 atom stereocenters. The molecule has 0 unspecified atom stereocenters. The van der Waals surface area contributed by atoms with Gasteiger partial charge in [0, 0.05) is 18.2 Å². The Hall–Kier alpha value is -2.70. The molecule has 0 spiro atoms. The van der Waals surface area contributed by atoms with Crippen LogP contribution in [-0.2, 0) is 27.1 Å². The summed E-state index contributed by atoms with van der Waals surface area (Å²) < 4.78 is 52.8.